The van der Waals surface area contributed by atoms with Gasteiger partial charge in [0.05, 0.1) is 16.6 Å². The first-order valence-corrected chi connectivity index (χ1v) is 21.9. The Morgan fingerprint density at radius 2 is 1.20 bits per heavy atom. The van der Waals surface area contributed by atoms with Gasteiger partial charge in [0.25, 0.3) is 0 Å². The second-order valence-corrected chi connectivity index (χ2v) is 19.0. The number of phenolic OH excluding ortho intramolecular Hbond substituents is 1. The van der Waals surface area contributed by atoms with E-state index in [2.05, 4.69) is 219 Å². The predicted molar refractivity (Wildman–Crippen MR) is 264 cm³/mol. The first-order valence-electron chi connectivity index (χ1n) is 21.9. The van der Waals surface area contributed by atoms with Crippen molar-refractivity contribution in [1.29, 1.82) is 0 Å². The third-order valence-corrected chi connectivity index (χ3v) is 12.4. The molecule has 2 heterocycles. The Morgan fingerprint density at radius 1 is 0.547 bits per heavy atom. The van der Waals surface area contributed by atoms with Gasteiger partial charge in [0.15, 0.2) is 0 Å². The molecule has 0 bridgehead atoms. The average Bonchev–Trinajstić information content (AvgIpc) is 3.67. The molecule has 0 unspecified atom stereocenters. The van der Waals surface area contributed by atoms with Gasteiger partial charge in [-0.05, 0) is 106 Å². The maximum absolute atomic E-state index is 12.5. The molecule has 64 heavy (non-hydrogen) atoms. The van der Waals surface area contributed by atoms with Gasteiger partial charge in [0.1, 0.15) is 11.6 Å². The molecule has 9 aromatic rings. The van der Waals surface area contributed by atoms with Crippen LogP contribution < -0.4 is 0 Å². The summed E-state index contributed by atoms with van der Waals surface area (Å²) < 4.78 is 2.25. The van der Waals surface area contributed by atoms with Crippen molar-refractivity contribution in [2.45, 2.75) is 73.1 Å². The van der Waals surface area contributed by atoms with E-state index in [0.29, 0.717) is 11.4 Å². The maximum atomic E-state index is 12.5. The van der Waals surface area contributed by atoms with E-state index in [1.165, 1.54) is 16.7 Å². The molecule has 2 aromatic heterocycles. The smallest absolute Gasteiger partial charge is 0.148 e. The number of phenols is 1. The fourth-order valence-corrected chi connectivity index (χ4v) is 8.61. The second-order valence-electron chi connectivity index (χ2n) is 19.0. The van der Waals surface area contributed by atoms with Crippen LogP contribution in [0.4, 0.5) is 0 Å². The summed E-state index contributed by atoms with van der Waals surface area (Å²) in [5.74, 6) is 0.931. The molecule has 0 radical (unpaired) electrons. The summed E-state index contributed by atoms with van der Waals surface area (Å²) in [6, 6.07) is 57.4. The topological polar surface area (TPSA) is 50.9 Å². The molecule has 0 atom stereocenters. The van der Waals surface area contributed by atoms with E-state index < -0.39 is 0 Å². The summed E-state index contributed by atoms with van der Waals surface area (Å²) >= 11 is 0. The molecule has 0 saturated heterocycles. The number of para-hydroxylation sites is 1. The summed E-state index contributed by atoms with van der Waals surface area (Å²) in [4.78, 5) is 10.5. The molecule has 0 amide bonds. The fraction of sp³-hybridized carbons (Fsp3) is 0.186. The molecule has 0 fully saturated rings. The Hall–Kier alpha value is -6.35. The molecule has 0 aliphatic rings. The number of aromatic nitrogens is 3. The Kier molecular flexibility index (Phi) is 12.0. The third kappa shape index (κ3) is 8.52. The summed E-state index contributed by atoms with van der Waals surface area (Å²) in [6.45, 7) is 19.6. The fourth-order valence-electron chi connectivity index (χ4n) is 8.61. The van der Waals surface area contributed by atoms with Crippen LogP contribution in [-0.2, 0) is 31.9 Å². The van der Waals surface area contributed by atoms with E-state index in [0.717, 1.165) is 83.6 Å². The molecule has 0 aliphatic heterocycles. The Morgan fingerprint density at radius 3 is 1.88 bits per heavy atom. The van der Waals surface area contributed by atoms with Crippen LogP contribution in [-0.4, -0.2) is 19.6 Å². The zero-order valence-corrected chi connectivity index (χ0v) is 40.4. The number of aryl methyl sites for hydroxylation is 2. The normalized spacial score (nSPS) is 11.8. The molecule has 0 spiro atoms. The number of imidazole rings is 1. The third-order valence-electron chi connectivity index (χ3n) is 12.4. The van der Waals surface area contributed by atoms with Crippen molar-refractivity contribution in [1.82, 2.24) is 14.5 Å². The van der Waals surface area contributed by atoms with Gasteiger partial charge in [0, 0.05) is 44.2 Å². The Bertz CT molecular complexity index is 3150. The summed E-state index contributed by atoms with van der Waals surface area (Å²) in [7, 11) is 0. The standard InChI is InChI=1S/C59H54N3O.Pt/c1-37-23-25-41(26-24-37)43-27-28-60-53(33-43)46-31-44(40-17-12-10-13-18-40)30-45(32-46)49-21-16-22-54-55(49)61-57(51-34-47(58(4,5)6)35-52(56(51)63)59(7,8)9)62(54)48-29-38(2)39(3)50(36-48)42-19-14-11-15-20-42;/h10-31,33-36,63H,1-9H3;/q-1;. The minimum atomic E-state index is -0.322. The summed E-state index contributed by atoms with van der Waals surface area (Å²) in [5, 5.41) is 12.5. The summed E-state index contributed by atoms with van der Waals surface area (Å²) in [6.07, 6.45) is 1.89. The van der Waals surface area contributed by atoms with Gasteiger partial charge in [-0.2, -0.15) is 0 Å². The number of nitrogens with zero attached hydrogens (tertiary/aromatic N) is 3. The van der Waals surface area contributed by atoms with Gasteiger partial charge >= 0.3 is 0 Å². The van der Waals surface area contributed by atoms with Crippen LogP contribution in [0, 0.1) is 26.8 Å². The van der Waals surface area contributed by atoms with Crippen LogP contribution in [0.15, 0.2) is 158 Å². The molecular weight excluding hydrogens is 962 g/mol. The van der Waals surface area contributed by atoms with E-state index >= 15 is 0 Å². The molecule has 0 saturated carbocycles. The predicted octanol–water partition coefficient (Wildman–Crippen LogP) is 15.4. The molecule has 7 aromatic carbocycles. The number of aromatic hydroxyl groups is 1. The van der Waals surface area contributed by atoms with Gasteiger partial charge < -0.3 is 5.11 Å². The van der Waals surface area contributed by atoms with E-state index in [1.807, 2.05) is 12.3 Å². The Labute approximate surface area is 393 Å². The number of pyridine rings is 1. The van der Waals surface area contributed by atoms with Crippen LogP contribution in [0.25, 0.3) is 83.9 Å². The zero-order valence-electron chi connectivity index (χ0n) is 38.1. The van der Waals surface area contributed by atoms with E-state index in [9.17, 15) is 5.11 Å². The monoisotopic (exact) mass is 1020 g/mol. The van der Waals surface area contributed by atoms with Crippen molar-refractivity contribution < 1.29 is 26.2 Å². The van der Waals surface area contributed by atoms with Crippen LogP contribution in [0.1, 0.15) is 69.4 Å². The largest absolute Gasteiger partial charge is 0.507 e. The second kappa shape index (κ2) is 17.3. The van der Waals surface area contributed by atoms with E-state index in [-0.39, 0.29) is 37.6 Å². The first-order chi connectivity index (χ1) is 30.1. The molecule has 0 aliphatic carbocycles. The number of hydrogen-bond acceptors (Lipinski definition) is 3. The number of hydrogen-bond donors (Lipinski definition) is 1. The summed E-state index contributed by atoms with van der Waals surface area (Å²) in [5.41, 5.74) is 18.9. The van der Waals surface area contributed by atoms with Crippen molar-refractivity contribution in [2.24, 2.45) is 0 Å². The first kappa shape index (κ1) is 44.3. The molecular formula is C59H54N3OPt-. The van der Waals surface area contributed by atoms with Crippen molar-refractivity contribution in [3.05, 3.63) is 192 Å². The van der Waals surface area contributed by atoms with Crippen molar-refractivity contribution in [2.75, 3.05) is 0 Å². The SMILES string of the molecule is Cc1ccc(-c2ccnc(-c3[c-]c(-c4cccc5c4nc(-c4cc(C(C)(C)C)cc(C(C)(C)C)c4O)n5-c4cc(C)c(C)c(-c5ccccc5)c4)cc(-c4ccccc4)c3)c2)cc1.[Pt]. The van der Waals surface area contributed by atoms with Gasteiger partial charge in [-0.3, -0.25) is 9.55 Å². The zero-order chi connectivity index (χ0) is 44.2. The van der Waals surface area contributed by atoms with Crippen molar-refractivity contribution in [3.63, 3.8) is 0 Å². The van der Waals surface area contributed by atoms with Crippen LogP contribution in [0.3, 0.4) is 0 Å². The molecule has 322 valence electrons. The number of rotatable bonds is 7. The van der Waals surface area contributed by atoms with Crippen LogP contribution in [0.5, 0.6) is 5.75 Å². The number of benzene rings is 7. The van der Waals surface area contributed by atoms with Gasteiger partial charge in [-0.15, -0.1) is 23.8 Å². The van der Waals surface area contributed by atoms with Crippen LogP contribution >= 0.6 is 0 Å². The van der Waals surface area contributed by atoms with Crippen LogP contribution in [0.2, 0.25) is 0 Å². The van der Waals surface area contributed by atoms with Gasteiger partial charge in [0.2, 0.25) is 0 Å². The van der Waals surface area contributed by atoms with E-state index in [4.69, 9.17) is 9.97 Å². The Balaban J connectivity index is 0.00000560. The minimum Gasteiger partial charge on any atom is -0.507 e. The van der Waals surface area contributed by atoms with Gasteiger partial charge in [-0.25, -0.2) is 4.98 Å². The van der Waals surface area contributed by atoms with Gasteiger partial charge in [-0.1, -0.05) is 173 Å². The molecule has 4 nitrogen and oxygen atoms in total. The number of fused-ring (bicyclic) bond motifs is 1. The van der Waals surface area contributed by atoms with Crippen molar-refractivity contribution in [3.8, 4) is 78.6 Å². The molecule has 5 heteroatoms. The maximum Gasteiger partial charge on any atom is 0.148 e. The average molecular weight is 1020 g/mol. The van der Waals surface area contributed by atoms with Crippen molar-refractivity contribution >= 4 is 11.0 Å². The quantitative estimate of drug-likeness (QED) is 0.162. The van der Waals surface area contributed by atoms with E-state index in [1.54, 1.807) is 0 Å². The molecule has 1 N–H and O–H groups in total. The minimum absolute atomic E-state index is 0. The molecule has 9 rings (SSSR count).